The second-order valence-corrected chi connectivity index (χ2v) is 9.20. The van der Waals surface area contributed by atoms with E-state index >= 15 is 0 Å². The summed E-state index contributed by atoms with van der Waals surface area (Å²) in [5.41, 5.74) is 5.96. The predicted molar refractivity (Wildman–Crippen MR) is 157 cm³/mol. The molecule has 2 rings (SSSR count). The highest BCUT2D eigenvalue weighted by atomic mass is 16.5. The van der Waals surface area contributed by atoms with Crippen molar-refractivity contribution in [3.63, 3.8) is 0 Å². The van der Waals surface area contributed by atoms with Crippen molar-refractivity contribution in [2.75, 3.05) is 14.2 Å². The van der Waals surface area contributed by atoms with Crippen LogP contribution in [-0.4, -0.2) is 50.4 Å². The average Bonchev–Trinajstić information content (AvgIpc) is 2.95. The van der Waals surface area contributed by atoms with Crippen LogP contribution in [0.15, 0.2) is 46.6 Å². The molecule has 0 saturated carbocycles. The van der Waals surface area contributed by atoms with E-state index in [1.807, 2.05) is 0 Å². The molecule has 42 heavy (non-hydrogen) atoms. The molecule has 0 aromatic heterocycles. The van der Waals surface area contributed by atoms with Crippen LogP contribution < -0.4 is 29.8 Å². The SMILES string of the molecule is COc1ccc(OC(C)=O)c(/C=N\NC(=O)CCCCCCCCC(=O)N/N=C\c2cc(OC)ccc2OC(C)=O)c1. The highest BCUT2D eigenvalue weighted by Crippen LogP contribution is 2.24. The van der Waals surface area contributed by atoms with Gasteiger partial charge in [-0.3, -0.25) is 19.2 Å². The second kappa shape index (κ2) is 18.6. The number of hydrazone groups is 2. The third-order valence-corrected chi connectivity index (χ3v) is 5.78. The molecule has 0 spiro atoms. The zero-order valence-corrected chi connectivity index (χ0v) is 24.4. The molecule has 2 aromatic rings. The van der Waals surface area contributed by atoms with Gasteiger partial charge >= 0.3 is 11.9 Å². The van der Waals surface area contributed by atoms with E-state index in [1.54, 1.807) is 36.4 Å². The van der Waals surface area contributed by atoms with Gasteiger partial charge < -0.3 is 18.9 Å². The number of hydrogen-bond donors (Lipinski definition) is 2. The number of esters is 2. The number of carbonyl (C=O) groups excluding carboxylic acids is 4. The molecule has 0 saturated heterocycles. The summed E-state index contributed by atoms with van der Waals surface area (Å²) in [5.74, 6) is 0.400. The highest BCUT2D eigenvalue weighted by Gasteiger charge is 2.08. The minimum absolute atomic E-state index is 0.214. The number of nitrogens with one attached hydrogen (secondary N) is 2. The molecule has 0 unspecified atom stereocenters. The third-order valence-electron chi connectivity index (χ3n) is 5.78. The van der Waals surface area contributed by atoms with Crippen molar-refractivity contribution in [1.29, 1.82) is 0 Å². The first-order chi connectivity index (χ1) is 20.2. The molecule has 2 N–H and O–H groups in total. The summed E-state index contributed by atoms with van der Waals surface area (Å²) in [4.78, 5) is 46.7. The number of rotatable bonds is 17. The van der Waals surface area contributed by atoms with Gasteiger partial charge in [-0.15, -0.1) is 0 Å². The van der Waals surface area contributed by atoms with Gasteiger partial charge in [0.05, 0.1) is 26.6 Å². The molecule has 0 aliphatic heterocycles. The van der Waals surface area contributed by atoms with Crippen molar-refractivity contribution in [1.82, 2.24) is 10.9 Å². The molecule has 12 nitrogen and oxygen atoms in total. The predicted octanol–water partition coefficient (Wildman–Crippen LogP) is 4.28. The van der Waals surface area contributed by atoms with Crippen LogP contribution in [0.1, 0.15) is 76.3 Å². The van der Waals surface area contributed by atoms with Crippen molar-refractivity contribution in [2.24, 2.45) is 10.2 Å². The fourth-order valence-electron chi connectivity index (χ4n) is 3.74. The molecule has 226 valence electrons. The van der Waals surface area contributed by atoms with Crippen LogP contribution >= 0.6 is 0 Å². The summed E-state index contributed by atoms with van der Waals surface area (Å²) < 4.78 is 20.6. The summed E-state index contributed by atoms with van der Waals surface area (Å²) >= 11 is 0. The first-order valence-corrected chi connectivity index (χ1v) is 13.6. The number of nitrogens with zero attached hydrogens (tertiary/aromatic N) is 2. The zero-order chi connectivity index (χ0) is 30.7. The molecule has 2 aromatic carbocycles. The molecule has 0 radical (unpaired) electrons. The number of ether oxygens (including phenoxy) is 4. The second-order valence-electron chi connectivity index (χ2n) is 9.20. The number of amides is 2. The Labute approximate surface area is 245 Å². The molecule has 0 bridgehead atoms. The van der Waals surface area contributed by atoms with Crippen LogP contribution in [0, 0.1) is 0 Å². The van der Waals surface area contributed by atoms with Gasteiger partial charge in [-0.2, -0.15) is 10.2 Å². The quantitative estimate of drug-likeness (QED) is 0.0921. The van der Waals surface area contributed by atoms with E-state index in [-0.39, 0.29) is 11.8 Å². The topological polar surface area (TPSA) is 154 Å². The lowest BCUT2D eigenvalue weighted by atomic mass is 10.1. The van der Waals surface area contributed by atoms with Crippen molar-refractivity contribution in [3.05, 3.63) is 47.5 Å². The number of hydrogen-bond acceptors (Lipinski definition) is 10. The summed E-state index contributed by atoms with van der Waals surface area (Å²) in [6, 6.07) is 9.81. The van der Waals surface area contributed by atoms with Crippen LogP contribution in [0.2, 0.25) is 0 Å². The van der Waals surface area contributed by atoms with Crippen molar-refractivity contribution >= 4 is 36.2 Å². The monoisotopic (exact) mass is 582 g/mol. The van der Waals surface area contributed by atoms with E-state index in [9.17, 15) is 19.2 Å². The van der Waals surface area contributed by atoms with E-state index in [0.29, 0.717) is 59.8 Å². The minimum atomic E-state index is -0.464. The Morgan fingerprint density at radius 1 is 0.643 bits per heavy atom. The summed E-state index contributed by atoms with van der Waals surface area (Å²) in [6.07, 6.45) is 8.55. The zero-order valence-electron chi connectivity index (χ0n) is 24.4. The van der Waals surface area contributed by atoms with Crippen LogP contribution in [-0.2, 0) is 19.2 Å². The summed E-state index contributed by atoms with van der Waals surface area (Å²) in [6.45, 7) is 2.60. The normalized spacial score (nSPS) is 10.9. The molecular formula is C30H38N4O8. The Morgan fingerprint density at radius 2 is 1.02 bits per heavy atom. The van der Waals surface area contributed by atoms with Gasteiger partial charge in [0, 0.05) is 37.8 Å². The van der Waals surface area contributed by atoms with E-state index in [0.717, 1.165) is 25.7 Å². The van der Waals surface area contributed by atoms with Gasteiger partial charge in [0.1, 0.15) is 23.0 Å². The molecule has 0 heterocycles. The maximum atomic E-state index is 12.1. The molecule has 2 amide bonds. The lowest BCUT2D eigenvalue weighted by Gasteiger charge is -2.07. The number of unbranched alkanes of at least 4 members (excludes halogenated alkanes) is 5. The standard InChI is InChI=1S/C30H38N4O8/c1-21(35)41-27-15-13-25(39-3)17-23(27)19-31-33-29(37)11-9-7-5-6-8-10-12-30(38)34-32-20-24-18-26(40-4)14-16-28(24)42-22(2)36/h13-20H,5-12H2,1-4H3,(H,33,37)(H,34,38)/b31-19-,32-20-. The number of methoxy groups -OCH3 is 2. The van der Waals surface area contributed by atoms with Gasteiger partial charge in [0.2, 0.25) is 11.8 Å². The van der Waals surface area contributed by atoms with Gasteiger partial charge in [0.25, 0.3) is 0 Å². The lowest BCUT2D eigenvalue weighted by molar-refractivity contribution is -0.132. The maximum Gasteiger partial charge on any atom is 0.308 e. The summed E-state index contributed by atoms with van der Waals surface area (Å²) in [5, 5.41) is 7.92. The Hall–Kier alpha value is -4.74. The van der Waals surface area contributed by atoms with Gasteiger partial charge in [-0.1, -0.05) is 25.7 Å². The fourth-order valence-corrected chi connectivity index (χ4v) is 3.74. The lowest BCUT2D eigenvalue weighted by Crippen LogP contribution is -2.17. The van der Waals surface area contributed by atoms with E-state index < -0.39 is 11.9 Å². The van der Waals surface area contributed by atoms with Crippen molar-refractivity contribution in [2.45, 2.75) is 65.2 Å². The molecular weight excluding hydrogens is 544 g/mol. The molecule has 0 aliphatic carbocycles. The van der Waals surface area contributed by atoms with Crippen LogP contribution in [0.5, 0.6) is 23.0 Å². The van der Waals surface area contributed by atoms with Crippen LogP contribution in [0.25, 0.3) is 0 Å². The van der Waals surface area contributed by atoms with Gasteiger partial charge in [-0.25, -0.2) is 10.9 Å². The van der Waals surface area contributed by atoms with E-state index in [2.05, 4.69) is 21.1 Å². The Balaban J connectivity index is 1.60. The van der Waals surface area contributed by atoms with Gasteiger partial charge in [0.15, 0.2) is 0 Å². The highest BCUT2D eigenvalue weighted by molar-refractivity contribution is 5.88. The van der Waals surface area contributed by atoms with Gasteiger partial charge in [-0.05, 0) is 49.2 Å². The first-order valence-electron chi connectivity index (χ1n) is 13.6. The van der Waals surface area contributed by atoms with E-state index in [1.165, 1.54) is 40.5 Å². The number of carbonyl (C=O) groups is 4. The van der Waals surface area contributed by atoms with Crippen LogP contribution in [0.3, 0.4) is 0 Å². The molecule has 12 heteroatoms. The third kappa shape index (κ3) is 13.1. The number of benzene rings is 2. The Bertz CT molecular complexity index is 1180. The van der Waals surface area contributed by atoms with E-state index in [4.69, 9.17) is 18.9 Å². The Kier molecular flexibility index (Phi) is 14.8. The molecule has 0 fully saturated rings. The largest absolute Gasteiger partial charge is 0.497 e. The minimum Gasteiger partial charge on any atom is -0.497 e. The van der Waals surface area contributed by atoms with Crippen LogP contribution in [0.4, 0.5) is 0 Å². The smallest absolute Gasteiger partial charge is 0.308 e. The summed E-state index contributed by atoms with van der Waals surface area (Å²) in [7, 11) is 3.04. The van der Waals surface area contributed by atoms with Crippen molar-refractivity contribution < 1.29 is 38.1 Å². The fraction of sp³-hybridized carbons (Fsp3) is 0.400. The maximum absolute atomic E-state index is 12.1. The first kappa shape index (κ1) is 33.5. The molecule has 0 aliphatic rings. The Morgan fingerprint density at radius 3 is 1.38 bits per heavy atom. The molecule has 0 atom stereocenters. The average molecular weight is 583 g/mol. The van der Waals surface area contributed by atoms with Crippen molar-refractivity contribution in [3.8, 4) is 23.0 Å².